The van der Waals surface area contributed by atoms with Crippen LogP contribution in [0.5, 0.6) is 0 Å². The minimum atomic E-state index is -0.908. The van der Waals surface area contributed by atoms with E-state index >= 15 is 0 Å². The summed E-state index contributed by atoms with van der Waals surface area (Å²) in [7, 11) is 0. The maximum atomic E-state index is 12.0. The predicted molar refractivity (Wildman–Crippen MR) is 73.7 cm³/mol. The van der Waals surface area contributed by atoms with Gasteiger partial charge in [0.25, 0.3) is 0 Å². The van der Waals surface area contributed by atoms with Crippen molar-refractivity contribution in [3.8, 4) is 0 Å². The number of aliphatic carboxylic acids is 1. The highest BCUT2D eigenvalue weighted by atomic mass is 16.4. The number of rotatable bonds is 7. The molecule has 0 atom stereocenters. The lowest BCUT2D eigenvalue weighted by atomic mass is 10.4. The maximum Gasteiger partial charge on any atom is 0.350 e. The molecular weight excluding hydrogens is 260 g/mol. The fourth-order valence-electron chi connectivity index (χ4n) is 1.96. The monoisotopic (exact) mass is 276 g/mol. The van der Waals surface area contributed by atoms with Crippen LogP contribution in [-0.2, 0) is 11.3 Å². The quantitative estimate of drug-likeness (QED) is 0.724. The van der Waals surface area contributed by atoms with E-state index in [0.29, 0.717) is 25.3 Å². The molecular formula is C13H16N4O3. The Morgan fingerprint density at radius 2 is 2.30 bits per heavy atom. The molecule has 0 amide bonds. The van der Waals surface area contributed by atoms with Crippen LogP contribution in [0.1, 0.15) is 0 Å². The first-order chi connectivity index (χ1) is 9.61. The normalized spacial score (nSPS) is 11.1. The second kappa shape index (κ2) is 6.16. The second-order valence-corrected chi connectivity index (χ2v) is 4.35. The van der Waals surface area contributed by atoms with Crippen LogP contribution in [0.15, 0.2) is 41.8 Å². The average molecular weight is 276 g/mol. The molecule has 0 radical (unpaired) electrons. The van der Waals surface area contributed by atoms with Gasteiger partial charge in [-0.25, -0.2) is 9.48 Å². The van der Waals surface area contributed by atoms with Crippen molar-refractivity contribution >= 4 is 11.6 Å². The van der Waals surface area contributed by atoms with Gasteiger partial charge in [-0.05, 0) is 12.1 Å². The minimum Gasteiger partial charge on any atom is -0.480 e. The third-order valence-corrected chi connectivity index (χ3v) is 2.86. The number of carboxylic acid groups (broad SMARTS) is 1. The summed E-state index contributed by atoms with van der Waals surface area (Å²) in [6.45, 7) is 4.71. The van der Waals surface area contributed by atoms with Gasteiger partial charge in [-0.1, -0.05) is 12.1 Å². The summed E-state index contributed by atoms with van der Waals surface area (Å²) in [6, 6.07) is 5.31. The molecule has 0 aliphatic rings. The number of carboxylic acids is 1. The van der Waals surface area contributed by atoms with Crippen molar-refractivity contribution in [1.82, 2.24) is 19.1 Å². The van der Waals surface area contributed by atoms with Gasteiger partial charge in [0.05, 0.1) is 13.1 Å². The van der Waals surface area contributed by atoms with Gasteiger partial charge in [-0.2, -0.15) is 0 Å². The molecule has 0 saturated heterocycles. The van der Waals surface area contributed by atoms with Crippen LogP contribution >= 0.6 is 0 Å². The fourth-order valence-corrected chi connectivity index (χ4v) is 1.96. The van der Waals surface area contributed by atoms with Crippen molar-refractivity contribution in [2.75, 3.05) is 19.6 Å². The number of pyridine rings is 1. The largest absolute Gasteiger partial charge is 0.480 e. The van der Waals surface area contributed by atoms with E-state index in [2.05, 4.69) is 11.7 Å². The molecule has 2 aromatic rings. The van der Waals surface area contributed by atoms with E-state index < -0.39 is 5.97 Å². The van der Waals surface area contributed by atoms with Crippen LogP contribution in [0.4, 0.5) is 0 Å². The van der Waals surface area contributed by atoms with Gasteiger partial charge in [-0.3, -0.25) is 14.1 Å². The first-order valence-corrected chi connectivity index (χ1v) is 6.21. The zero-order valence-electron chi connectivity index (χ0n) is 11.0. The van der Waals surface area contributed by atoms with E-state index in [1.807, 2.05) is 0 Å². The Hall–Kier alpha value is -2.41. The molecule has 7 heteroatoms. The highest BCUT2D eigenvalue weighted by Gasteiger charge is 2.10. The van der Waals surface area contributed by atoms with E-state index in [-0.39, 0.29) is 12.2 Å². The van der Waals surface area contributed by atoms with Crippen LogP contribution in [0.2, 0.25) is 0 Å². The van der Waals surface area contributed by atoms with Crippen LogP contribution in [0, 0.1) is 0 Å². The lowest BCUT2D eigenvalue weighted by Crippen LogP contribution is -2.35. The van der Waals surface area contributed by atoms with Gasteiger partial charge >= 0.3 is 11.7 Å². The van der Waals surface area contributed by atoms with Gasteiger partial charge in [0.1, 0.15) is 0 Å². The standard InChI is InChI=1S/C13H16N4O3/c1-2-6-15(10-12(18)19)8-9-17-13(20)16-7-4-3-5-11(16)14-17/h2-5,7H,1,6,8-10H2,(H,18,19). The molecule has 2 rings (SSSR count). The Kier molecular flexibility index (Phi) is 4.31. The Morgan fingerprint density at radius 3 is 2.95 bits per heavy atom. The van der Waals surface area contributed by atoms with Gasteiger partial charge in [-0.15, -0.1) is 11.7 Å². The van der Waals surface area contributed by atoms with Crippen LogP contribution in [0.3, 0.4) is 0 Å². The van der Waals surface area contributed by atoms with Gasteiger partial charge in [0.15, 0.2) is 5.65 Å². The van der Waals surface area contributed by atoms with Crippen molar-refractivity contribution in [2.45, 2.75) is 6.54 Å². The molecule has 2 heterocycles. The lowest BCUT2D eigenvalue weighted by Gasteiger charge is -2.17. The summed E-state index contributed by atoms with van der Waals surface area (Å²) < 4.78 is 2.79. The van der Waals surface area contributed by atoms with E-state index in [1.165, 1.54) is 9.08 Å². The Bertz CT molecular complexity index is 674. The topological polar surface area (TPSA) is 79.8 Å². The maximum absolute atomic E-state index is 12.0. The van der Waals surface area contributed by atoms with E-state index in [9.17, 15) is 9.59 Å². The molecule has 1 N–H and O–H groups in total. The summed E-state index contributed by atoms with van der Waals surface area (Å²) in [6.07, 6.45) is 3.29. The number of fused-ring (bicyclic) bond motifs is 1. The fraction of sp³-hybridized carbons (Fsp3) is 0.308. The van der Waals surface area contributed by atoms with Crippen LogP contribution in [-0.4, -0.2) is 49.8 Å². The average Bonchev–Trinajstić information content (AvgIpc) is 2.73. The molecule has 0 unspecified atom stereocenters. The zero-order valence-corrected chi connectivity index (χ0v) is 11.0. The molecule has 20 heavy (non-hydrogen) atoms. The third-order valence-electron chi connectivity index (χ3n) is 2.86. The van der Waals surface area contributed by atoms with Crippen LogP contribution < -0.4 is 5.69 Å². The van der Waals surface area contributed by atoms with Crippen molar-refractivity contribution in [2.24, 2.45) is 0 Å². The zero-order chi connectivity index (χ0) is 14.5. The van der Waals surface area contributed by atoms with Gasteiger partial charge < -0.3 is 5.11 Å². The molecule has 0 aliphatic carbocycles. The molecule has 0 aromatic carbocycles. The predicted octanol–water partition coefficient (Wildman–Crippen LogP) is 0.0686. The number of aromatic nitrogens is 3. The number of hydrogen-bond donors (Lipinski definition) is 1. The molecule has 106 valence electrons. The van der Waals surface area contributed by atoms with E-state index in [0.717, 1.165) is 0 Å². The van der Waals surface area contributed by atoms with E-state index in [4.69, 9.17) is 5.11 Å². The Labute approximate surface area is 115 Å². The second-order valence-electron chi connectivity index (χ2n) is 4.35. The third kappa shape index (κ3) is 3.12. The molecule has 0 aliphatic heterocycles. The minimum absolute atomic E-state index is 0.0891. The van der Waals surface area contributed by atoms with Crippen molar-refractivity contribution in [1.29, 1.82) is 0 Å². The molecule has 2 aromatic heterocycles. The van der Waals surface area contributed by atoms with E-state index in [1.54, 1.807) is 35.4 Å². The van der Waals surface area contributed by atoms with Gasteiger partial charge in [0, 0.05) is 19.3 Å². The van der Waals surface area contributed by atoms with Crippen molar-refractivity contribution < 1.29 is 9.90 Å². The first kappa shape index (κ1) is 14.0. The first-order valence-electron chi connectivity index (χ1n) is 6.21. The highest BCUT2D eigenvalue weighted by Crippen LogP contribution is 1.96. The summed E-state index contributed by atoms with van der Waals surface area (Å²) >= 11 is 0. The Morgan fingerprint density at radius 1 is 1.50 bits per heavy atom. The van der Waals surface area contributed by atoms with Crippen molar-refractivity contribution in [3.05, 3.63) is 47.5 Å². The van der Waals surface area contributed by atoms with Crippen molar-refractivity contribution in [3.63, 3.8) is 0 Å². The van der Waals surface area contributed by atoms with Gasteiger partial charge in [0.2, 0.25) is 0 Å². The summed E-state index contributed by atoms with van der Waals surface area (Å²) in [4.78, 5) is 24.5. The number of hydrogen-bond acceptors (Lipinski definition) is 4. The lowest BCUT2D eigenvalue weighted by molar-refractivity contribution is -0.138. The molecule has 0 spiro atoms. The molecule has 0 fully saturated rings. The number of carbonyl (C=O) groups is 1. The summed E-state index contributed by atoms with van der Waals surface area (Å²) in [5, 5.41) is 13.0. The Balaban J connectivity index is 2.11. The highest BCUT2D eigenvalue weighted by molar-refractivity contribution is 5.69. The SMILES string of the molecule is C=CCN(CCn1nc2ccccn2c1=O)CC(=O)O. The summed E-state index contributed by atoms with van der Waals surface area (Å²) in [5.41, 5.74) is 0.348. The van der Waals surface area contributed by atoms with Crippen LogP contribution in [0.25, 0.3) is 5.65 Å². The summed E-state index contributed by atoms with van der Waals surface area (Å²) in [5.74, 6) is -0.908. The molecule has 7 nitrogen and oxygen atoms in total. The smallest absolute Gasteiger partial charge is 0.350 e. The molecule has 0 saturated carbocycles. The molecule has 0 bridgehead atoms. The number of nitrogens with zero attached hydrogens (tertiary/aromatic N) is 4.